The number of ketones is 2. The summed E-state index contributed by atoms with van der Waals surface area (Å²) in [7, 11) is 0. The van der Waals surface area contributed by atoms with Gasteiger partial charge in [-0.3, -0.25) is 14.4 Å². The van der Waals surface area contributed by atoms with Crippen molar-refractivity contribution >= 4 is 23.4 Å². The zero-order chi connectivity index (χ0) is 33.6. The SMILES string of the molecule is C[C@@H]1/C=C\CC/C=C/C(=O)[C@@H](C)[C@@H]2CC[C@@H](C)[C@@](O)(O2)C(=O)C(=O)N2CCC[C@H]2C(=O)O[C@H]([C@@H](C)C[C@@H]2CC[C@@H](O)[C@H](O)C2)CC1. The van der Waals surface area contributed by atoms with Crippen molar-refractivity contribution in [3.8, 4) is 0 Å². The highest BCUT2D eigenvalue weighted by Crippen LogP contribution is 2.37. The van der Waals surface area contributed by atoms with Gasteiger partial charge in [-0.05, 0) is 101 Å². The number of rotatable bonds is 3. The maximum atomic E-state index is 13.7. The molecule has 3 fully saturated rings. The number of cyclic esters (lactones) is 1. The summed E-state index contributed by atoms with van der Waals surface area (Å²) >= 11 is 0. The maximum Gasteiger partial charge on any atom is 0.329 e. The number of nitrogens with zero attached hydrogens (tertiary/aromatic N) is 1. The first-order valence-corrected chi connectivity index (χ1v) is 17.5. The van der Waals surface area contributed by atoms with Crippen LogP contribution in [0.25, 0.3) is 0 Å². The highest BCUT2D eigenvalue weighted by Gasteiger charge is 2.54. The molecule has 10 nitrogen and oxygen atoms in total. The molecule has 0 spiro atoms. The maximum absolute atomic E-state index is 13.7. The molecule has 0 aromatic carbocycles. The second-order valence-corrected chi connectivity index (χ2v) is 14.5. The van der Waals surface area contributed by atoms with Gasteiger partial charge in [0.05, 0.1) is 18.3 Å². The van der Waals surface area contributed by atoms with Crippen LogP contribution in [0.4, 0.5) is 0 Å². The van der Waals surface area contributed by atoms with Gasteiger partial charge < -0.3 is 29.7 Å². The molecule has 0 radical (unpaired) electrons. The molecule has 0 unspecified atom stereocenters. The molecule has 46 heavy (non-hydrogen) atoms. The van der Waals surface area contributed by atoms with Gasteiger partial charge in [0.25, 0.3) is 11.7 Å². The van der Waals surface area contributed by atoms with Crippen molar-refractivity contribution in [1.29, 1.82) is 0 Å². The van der Waals surface area contributed by atoms with Crippen LogP contribution in [0.5, 0.6) is 0 Å². The molecule has 4 aliphatic rings. The Kier molecular flexibility index (Phi) is 12.8. The Morgan fingerprint density at radius 2 is 1.67 bits per heavy atom. The van der Waals surface area contributed by atoms with Gasteiger partial charge in [-0.15, -0.1) is 0 Å². The van der Waals surface area contributed by atoms with Gasteiger partial charge in [-0.25, -0.2) is 4.79 Å². The van der Waals surface area contributed by atoms with Crippen LogP contribution in [-0.4, -0.2) is 86.5 Å². The lowest BCUT2D eigenvalue weighted by Crippen LogP contribution is -2.60. The summed E-state index contributed by atoms with van der Waals surface area (Å²) in [6, 6.07) is -0.951. The fourth-order valence-electron chi connectivity index (χ4n) is 7.56. The lowest BCUT2D eigenvalue weighted by Gasteiger charge is -2.42. The van der Waals surface area contributed by atoms with Crippen LogP contribution in [0.2, 0.25) is 0 Å². The molecule has 1 saturated carbocycles. The fraction of sp³-hybridized carbons (Fsp3) is 0.778. The van der Waals surface area contributed by atoms with Gasteiger partial charge in [0.1, 0.15) is 12.1 Å². The number of carbonyl (C=O) groups excluding carboxylic acids is 4. The van der Waals surface area contributed by atoms with E-state index in [-0.39, 0.29) is 30.1 Å². The Hall–Kier alpha value is -2.40. The summed E-state index contributed by atoms with van der Waals surface area (Å²) < 4.78 is 12.1. The average molecular weight is 646 g/mol. The summed E-state index contributed by atoms with van der Waals surface area (Å²) in [6.07, 6.45) is 12.1. The third-order valence-corrected chi connectivity index (χ3v) is 10.8. The van der Waals surface area contributed by atoms with E-state index in [2.05, 4.69) is 19.1 Å². The second-order valence-electron chi connectivity index (χ2n) is 14.5. The third kappa shape index (κ3) is 8.74. The normalized spacial score (nSPS) is 41.2. The smallest absolute Gasteiger partial charge is 0.329 e. The second kappa shape index (κ2) is 16.1. The van der Waals surface area contributed by atoms with Crippen molar-refractivity contribution in [3.05, 3.63) is 24.3 Å². The molecular formula is C36H55NO9. The number of hydrogen-bond donors (Lipinski definition) is 3. The molecule has 2 bridgehead atoms. The number of aliphatic hydroxyl groups excluding tert-OH is 2. The molecule has 3 N–H and O–H groups in total. The van der Waals surface area contributed by atoms with Crippen LogP contribution in [0.3, 0.4) is 0 Å². The van der Waals surface area contributed by atoms with E-state index in [4.69, 9.17) is 9.47 Å². The molecule has 258 valence electrons. The Morgan fingerprint density at radius 1 is 0.935 bits per heavy atom. The molecule has 3 aliphatic heterocycles. The van der Waals surface area contributed by atoms with Crippen molar-refractivity contribution in [2.45, 2.75) is 141 Å². The van der Waals surface area contributed by atoms with E-state index in [1.807, 2.05) is 13.0 Å². The predicted octanol–water partition coefficient (Wildman–Crippen LogP) is 4.04. The number of aliphatic hydroxyl groups is 3. The molecule has 0 aromatic rings. The van der Waals surface area contributed by atoms with Gasteiger partial charge in [0.2, 0.25) is 5.79 Å². The first-order chi connectivity index (χ1) is 21.8. The largest absolute Gasteiger partial charge is 0.461 e. The Morgan fingerprint density at radius 3 is 2.41 bits per heavy atom. The van der Waals surface area contributed by atoms with Gasteiger partial charge >= 0.3 is 5.97 Å². The van der Waals surface area contributed by atoms with Crippen LogP contribution in [0.15, 0.2) is 24.3 Å². The van der Waals surface area contributed by atoms with E-state index in [1.54, 1.807) is 13.8 Å². The summed E-state index contributed by atoms with van der Waals surface area (Å²) in [4.78, 5) is 55.2. The fourth-order valence-corrected chi connectivity index (χ4v) is 7.56. The number of amides is 1. The highest BCUT2D eigenvalue weighted by molar-refractivity contribution is 6.39. The molecule has 11 atom stereocenters. The molecular weight excluding hydrogens is 590 g/mol. The van der Waals surface area contributed by atoms with E-state index in [0.29, 0.717) is 51.4 Å². The minimum Gasteiger partial charge on any atom is -0.461 e. The number of fused-ring (bicyclic) bond motifs is 3. The average Bonchev–Trinajstić information content (AvgIpc) is 3.52. The molecule has 2 saturated heterocycles. The van der Waals surface area contributed by atoms with Crippen LogP contribution >= 0.6 is 0 Å². The first kappa shape index (κ1) is 36.4. The number of hydrogen-bond acceptors (Lipinski definition) is 9. The number of carbonyl (C=O) groups is 4. The Bertz CT molecular complexity index is 1150. The minimum absolute atomic E-state index is 0.0276. The number of ether oxygens (including phenoxy) is 2. The molecule has 4 rings (SSSR count). The van der Waals surface area contributed by atoms with E-state index in [9.17, 15) is 34.5 Å². The third-order valence-electron chi connectivity index (χ3n) is 10.8. The van der Waals surface area contributed by atoms with Gasteiger partial charge in [-0.2, -0.15) is 0 Å². The van der Waals surface area contributed by atoms with Crippen molar-refractivity contribution in [3.63, 3.8) is 0 Å². The minimum atomic E-state index is -2.40. The lowest BCUT2D eigenvalue weighted by molar-refractivity contribution is -0.268. The Balaban J connectivity index is 1.57. The highest BCUT2D eigenvalue weighted by atomic mass is 16.6. The zero-order valence-electron chi connectivity index (χ0n) is 28.0. The van der Waals surface area contributed by atoms with Crippen molar-refractivity contribution < 1.29 is 44.0 Å². The zero-order valence-corrected chi connectivity index (χ0v) is 28.0. The standard InChI is InChI=1S/C36H55NO9/c1-22-10-7-5-6-8-12-28(38)25(4)32-18-14-24(3)36(44,46-32)33(41)34(42)37-19-9-11-27(37)35(43)45-31(17-13-22)23(2)20-26-15-16-29(39)30(40)21-26/h7-8,10,12,22-27,29-32,39-40,44H,5-6,9,11,13-21H2,1-4H3/b10-7-,12-8+/t22-,23+,24-,25-,26+,27+,29-,30-,31+,32+,36-/m1/s1. The molecule has 1 aliphatic carbocycles. The number of allylic oxidation sites excluding steroid dienone is 4. The van der Waals surface area contributed by atoms with E-state index < -0.39 is 65.7 Å². The van der Waals surface area contributed by atoms with E-state index in [0.717, 1.165) is 25.7 Å². The topological polar surface area (TPSA) is 151 Å². The summed E-state index contributed by atoms with van der Waals surface area (Å²) in [6.45, 7) is 7.70. The van der Waals surface area contributed by atoms with Crippen molar-refractivity contribution in [1.82, 2.24) is 4.90 Å². The Labute approximate surface area is 273 Å². The molecule has 3 heterocycles. The van der Waals surface area contributed by atoms with Gasteiger partial charge in [-0.1, -0.05) is 45.9 Å². The van der Waals surface area contributed by atoms with Crippen molar-refractivity contribution in [2.24, 2.45) is 29.6 Å². The quantitative estimate of drug-likeness (QED) is 0.235. The number of esters is 1. The first-order valence-electron chi connectivity index (χ1n) is 17.5. The van der Waals surface area contributed by atoms with Crippen LogP contribution in [-0.2, 0) is 28.7 Å². The molecule has 10 heteroatoms. The monoisotopic (exact) mass is 645 g/mol. The van der Waals surface area contributed by atoms with Gasteiger partial charge in [0.15, 0.2) is 5.78 Å². The van der Waals surface area contributed by atoms with Crippen molar-refractivity contribution in [2.75, 3.05) is 6.54 Å². The van der Waals surface area contributed by atoms with Crippen LogP contribution in [0.1, 0.15) is 105 Å². The number of Topliss-reactive ketones (excluding diaryl/α,β-unsaturated/α-hetero) is 1. The molecule has 1 amide bonds. The van der Waals surface area contributed by atoms with Crippen LogP contribution in [0, 0.1) is 29.6 Å². The van der Waals surface area contributed by atoms with E-state index in [1.165, 1.54) is 11.0 Å². The van der Waals surface area contributed by atoms with Crippen LogP contribution < -0.4 is 0 Å². The summed E-state index contributed by atoms with van der Waals surface area (Å²) in [5.41, 5.74) is 0. The summed E-state index contributed by atoms with van der Waals surface area (Å²) in [5.74, 6) is -6.11. The molecule has 0 aromatic heterocycles. The lowest BCUT2D eigenvalue weighted by atomic mass is 9.78. The van der Waals surface area contributed by atoms with E-state index >= 15 is 0 Å². The van der Waals surface area contributed by atoms with Gasteiger partial charge in [0, 0.05) is 18.4 Å². The summed E-state index contributed by atoms with van der Waals surface area (Å²) in [5, 5.41) is 31.7. The predicted molar refractivity (Wildman–Crippen MR) is 171 cm³/mol.